The summed E-state index contributed by atoms with van der Waals surface area (Å²) in [4.78, 5) is 12.2. The maximum absolute atomic E-state index is 12.2. The molecule has 1 heterocycles. The molecule has 7 heteroatoms. The quantitative estimate of drug-likeness (QED) is 0.527. The van der Waals surface area contributed by atoms with Crippen molar-refractivity contribution in [2.45, 2.75) is 35.9 Å². The van der Waals surface area contributed by atoms with Gasteiger partial charge >= 0.3 is 0 Å². The van der Waals surface area contributed by atoms with E-state index in [1.807, 2.05) is 32.0 Å². The van der Waals surface area contributed by atoms with E-state index in [0.29, 0.717) is 5.75 Å². The summed E-state index contributed by atoms with van der Waals surface area (Å²) in [6.07, 6.45) is 0.893. The first-order valence-corrected chi connectivity index (χ1v) is 10.4. The van der Waals surface area contributed by atoms with Gasteiger partial charge in [0.2, 0.25) is 5.91 Å². The van der Waals surface area contributed by atoms with E-state index < -0.39 is 0 Å². The molecule has 0 aliphatic carbocycles. The smallest absolute Gasteiger partial charge is 0.234 e. The van der Waals surface area contributed by atoms with E-state index in [2.05, 4.69) is 29.0 Å². The van der Waals surface area contributed by atoms with Gasteiger partial charge in [-0.1, -0.05) is 72.1 Å². The lowest BCUT2D eigenvalue weighted by atomic mass is 10.1. The van der Waals surface area contributed by atoms with Crippen molar-refractivity contribution < 1.29 is 4.79 Å². The first kappa shape index (κ1) is 19.0. The molecule has 0 radical (unpaired) electrons. The van der Waals surface area contributed by atoms with Gasteiger partial charge in [-0.25, -0.2) is 0 Å². The van der Waals surface area contributed by atoms with Crippen LogP contribution in [-0.2, 0) is 11.2 Å². The number of nitrogens with one attached hydrogen (secondary N) is 1. The maximum atomic E-state index is 12.2. The molecule has 0 aliphatic heterocycles. The Morgan fingerprint density at radius 2 is 1.92 bits per heavy atom. The zero-order valence-corrected chi connectivity index (χ0v) is 16.5. The molecule has 0 saturated heterocycles. The number of rotatable bonds is 8. The van der Waals surface area contributed by atoms with Crippen LogP contribution in [0.3, 0.4) is 0 Å². The third kappa shape index (κ3) is 5.65. The largest absolute Gasteiger partial charge is 0.325 e. The number of para-hydroxylation sites is 1. The molecule has 0 spiro atoms. The maximum Gasteiger partial charge on any atom is 0.234 e. The average molecular weight is 380 g/mol. The third-order valence-electron chi connectivity index (χ3n) is 3.16. The van der Waals surface area contributed by atoms with Crippen molar-refractivity contribution >= 4 is 46.5 Å². The van der Waals surface area contributed by atoms with Crippen LogP contribution in [0.1, 0.15) is 25.0 Å². The molecule has 1 N–H and O–H groups in total. The highest BCUT2D eigenvalue weighted by Gasteiger charge is 2.11. The van der Waals surface area contributed by atoms with Crippen molar-refractivity contribution in [3.63, 3.8) is 0 Å². The summed E-state index contributed by atoms with van der Waals surface area (Å²) in [5.74, 6) is 1.15. The Bertz CT molecular complexity index is 728. The minimum atomic E-state index is -0.0182. The monoisotopic (exact) mass is 379 g/mol. The highest BCUT2D eigenvalue weighted by molar-refractivity contribution is 8.03. The lowest BCUT2D eigenvalue weighted by molar-refractivity contribution is -0.113. The van der Waals surface area contributed by atoms with Crippen molar-refractivity contribution in [3.05, 3.63) is 41.5 Å². The van der Waals surface area contributed by atoms with E-state index >= 15 is 0 Å². The predicted molar refractivity (Wildman–Crippen MR) is 105 cm³/mol. The number of hydrogen-bond donors (Lipinski definition) is 1. The van der Waals surface area contributed by atoms with Crippen LogP contribution >= 0.6 is 34.9 Å². The van der Waals surface area contributed by atoms with Gasteiger partial charge in [-0.15, -0.1) is 10.2 Å². The Hall–Kier alpha value is -1.31. The summed E-state index contributed by atoms with van der Waals surface area (Å²) in [6.45, 7) is 9.96. The number of thioether (sulfide) groups is 2. The lowest BCUT2D eigenvalue weighted by Gasteiger charge is -2.12. The molecule has 0 unspecified atom stereocenters. The SMILES string of the molecule is C=C(C)CSc1nnc(SCC(=O)Nc2c(C)cccc2CC)s1. The molecule has 0 saturated carbocycles. The molecular formula is C17H21N3OS3. The molecule has 24 heavy (non-hydrogen) atoms. The molecule has 4 nitrogen and oxygen atoms in total. The number of benzene rings is 1. The molecular weight excluding hydrogens is 358 g/mol. The lowest BCUT2D eigenvalue weighted by Crippen LogP contribution is -2.16. The molecule has 2 rings (SSSR count). The number of carbonyl (C=O) groups excluding carboxylic acids is 1. The molecule has 0 aliphatic rings. The van der Waals surface area contributed by atoms with Crippen LogP contribution in [0.2, 0.25) is 0 Å². The third-order valence-corrected chi connectivity index (χ3v) is 6.58. The summed E-state index contributed by atoms with van der Waals surface area (Å²) in [6, 6.07) is 6.08. The fraction of sp³-hybridized carbons (Fsp3) is 0.353. The van der Waals surface area contributed by atoms with Crippen molar-refractivity contribution in [1.29, 1.82) is 0 Å². The highest BCUT2D eigenvalue weighted by atomic mass is 32.2. The van der Waals surface area contributed by atoms with E-state index in [1.165, 1.54) is 23.1 Å². The molecule has 128 valence electrons. The highest BCUT2D eigenvalue weighted by Crippen LogP contribution is 2.29. The first-order valence-electron chi connectivity index (χ1n) is 7.61. The van der Waals surface area contributed by atoms with Crippen LogP contribution in [0.25, 0.3) is 0 Å². The average Bonchev–Trinajstić information content (AvgIpc) is 3.01. The Balaban J connectivity index is 1.89. The van der Waals surface area contributed by atoms with Crippen LogP contribution in [0, 0.1) is 6.92 Å². The zero-order valence-electron chi connectivity index (χ0n) is 14.1. The van der Waals surface area contributed by atoms with Gasteiger partial charge in [0, 0.05) is 11.4 Å². The van der Waals surface area contributed by atoms with Crippen molar-refractivity contribution in [2.75, 3.05) is 16.8 Å². The van der Waals surface area contributed by atoms with Crippen LogP contribution in [-0.4, -0.2) is 27.6 Å². The van der Waals surface area contributed by atoms with Gasteiger partial charge in [0.1, 0.15) is 0 Å². The molecule has 1 amide bonds. The molecule has 0 atom stereocenters. The van der Waals surface area contributed by atoms with Crippen molar-refractivity contribution in [1.82, 2.24) is 10.2 Å². The summed E-state index contributed by atoms with van der Waals surface area (Å²) >= 11 is 4.56. The van der Waals surface area contributed by atoms with E-state index in [4.69, 9.17) is 0 Å². The van der Waals surface area contributed by atoms with Crippen LogP contribution in [0.4, 0.5) is 5.69 Å². The molecule has 0 fully saturated rings. The van der Waals surface area contributed by atoms with Gasteiger partial charge in [0.25, 0.3) is 0 Å². The minimum absolute atomic E-state index is 0.0182. The Labute approximate surface area is 155 Å². The molecule has 1 aromatic carbocycles. The van der Waals surface area contributed by atoms with Gasteiger partial charge in [0.15, 0.2) is 8.68 Å². The first-order chi connectivity index (χ1) is 11.5. The number of nitrogens with zero attached hydrogens (tertiary/aromatic N) is 2. The topological polar surface area (TPSA) is 54.9 Å². The fourth-order valence-electron chi connectivity index (χ4n) is 2.00. The number of anilines is 1. The summed E-state index contributed by atoms with van der Waals surface area (Å²) in [5, 5.41) is 11.3. The molecule has 2 aromatic rings. The predicted octanol–water partition coefficient (Wildman–Crippen LogP) is 4.81. The van der Waals surface area contributed by atoms with Gasteiger partial charge < -0.3 is 5.32 Å². The van der Waals surface area contributed by atoms with Gasteiger partial charge in [0.05, 0.1) is 5.75 Å². The second-order valence-corrected chi connectivity index (χ2v) is 8.80. The van der Waals surface area contributed by atoms with Crippen LogP contribution in [0.5, 0.6) is 0 Å². The van der Waals surface area contributed by atoms with Crippen molar-refractivity contribution in [2.24, 2.45) is 0 Å². The number of carbonyl (C=O) groups is 1. The van der Waals surface area contributed by atoms with Crippen LogP contribution in [0.15, 0.2) is 39.0 Å². The normalized spacial score (nSPS) is 10.6. The minimum Gasteiger partial charge on any atom is -0.325 e. The standard InChI is InChI=1S/C17H21N3OS3/c1-5-13-8-6-7-12(4)15(13)18-14(21)10-23-17-20-19-16(24-17)22-9-11(2)3/h6-8H,2,5,9-10H2,1,3-4H3,(H,18,21). The van der Waals surface area contributed by atoms with E-state index in [9.17, 15) is 4.79 Å². The summed E-state index contributed by atoms with van der Waals surface area (Å²) in [7, 11) is 0. The number of hydrogen-bond acceptors (Lipinski definition) is 6. The van der Waals surface area contributed by atoms with E-state index in [1.54, 1.807) is 11.8 Å². The number of aromatic nitrogens is 2. The van der Waals surface area contributed by atoms with Gasteiger partial charge in [-0.3, -0.25) is 4.79 Å². The summed E-state index contributed by atoms with van der Waals surface area (Å²) < 4.78 is 1.72. The Morgan fingerprint density at radius 1 is 1.25 bits per heavy atom. The van der Waals surface area contributed by atoms with E-state index in [0.717, 1.165) is 43.2 Å². The number of amides is 1. The second-order valence-electron chi connectivity index (χ2n) is 5.38. The Morgan fingerprint density at radius 3 is 2.54 bits per heavy atom. The van der Waals surface area contributed by atoms with E-state index in [-0.39, 0.29) is 5.91 Å². The molecule has 0 bridgehead atoms. The van der Waals surface area contributed by atoms with Crippen molar-refractivity contribution in [3.8, 4) is 0 Å². The Kier molecular flexibility index (Phi) is 7.33. The van der Waals surface area contributed by atoms with Crippen LogP contribution < -0.4 is 5.32 Å². The number of aryl methyl sites for hydroxylation is 2. The fourth-order valence-corrected chi connectivity index (χ4v) is 4.67. The van der Waals surface area contributed by atoms with Gasteiger partial charge in [-0.05, 0) is 31.4 Å². The zero-order chi connectivity index (χ0) is 17.5. The van der Waals surface area contributed by atoms with Gasteiger partial charge in [-0.2, -0.15) is 0 Å². The second kappa shape index (κ2) is 9.25. The summed E-state index contributed by atoms with van der Waals surface area (Å²) in [5.41, 5.74) is 4.28. The molecule has 1 aromatic heterocycles.